The highest BCUT2D eigenvalue weighted by Gasteiger charge is 2.21. The van der Waals surface area contributed by atoms with Crippen LogP contribution in [0.25, 0.3) is 0 Å². The molecule has 0 N–H and O–H groups in total. The molecule has 0 heterocycles. The molecule has 0 aliphatic rings. The molecule has 0 aliphatic heterocycles. The van der Waals surface area contributed by atoms with Gasteiger partial charge in [0, 0.05) is 0 Å². The molecule has 0 spiro atoms. The highest BCUT2D eigenvalue weighted by Crippen LogP contribution is 2.26. The number of ether oxygens (including phenoxy) is 1. The van der Waals surface area contributed by atoms with E-state index in [-0.39, 0.29) is 11.5 Å². The average molecular weight is 234 g/mol. The number of hydrogen-bond acceptors (Lipinski definition) is 1. The van der Waals surface area contributed by atoms with E-state index in [1.165, 1.54) is 12.0 Å². The predicted octanol–water partition coefficient (Wildman–Crippen LogP) is 5.01. The molecule has 1 aromatic rings. The van der Waals surface area contributed by atoms with Crippen LogP contribution in [-0.2, 0) is 0 Å². The van der Waals surface area contributed by atoms with Crippen molar-refractivity contribution in [3.8, 4) is 5.75 Å². The van der Waals surface area contributed by atoms with Crippen molar-refractivity contribution in [1.29, 1.82) is 0 Å². The molecule has 2 unspecified atom stereocenters. The molecule has 0 amide bonds. The Morgan fingerprint density at radius 1 is 1.06 bits per heavy atom. The average Bonchev–Trinajstić information content (AvgIpc) is 2.27. The van der Waals surface area contributed by atoms with Crippen LogP contribution < -0.4 is 4.74 Å². The van der Waals surface area contributed by atoms with E-state index >= 15 is 0 Å². The smallest absolute Gasteiger partial charge is 0.119 e. The lowest BCUT2D eigenvalue weighted by atomic mass is 9.90. The zero-order chi connectivity index (χ0) is 13.1. The van der Waals surface area contributed by atoms with E-state index < -0.39 is 0 Å². The van der Waals surface area contributed by atoms with E-state index in [2.05, 4.69) is 65.8 Å². The van der Waals surface area contributed by atoms with Gasteiger partial charge < -0.3 is 4.74 Å². The lowest BCUT2D eigenvalue weighted by molar-refractivity contribution is 0.103. The lowest BCUT2D eigenvalue weighted by Crippen LogP contribution is -2.28. The first kappa shape index (κ1) is 14.1. The van der Waals surface area contributed by atoms with Gasteiger partial charge in [-0.05, 0) is 42.4 Å². The minimum absolute atomic E-state index is 0.176. The van der Waals surface area contributed by atoms with Crippen molar-refractivity contribution in [2.45, 2.75) is 60.0 Å². The minimum atomic E-state index is 0.176. The number of hydrogen-bond donors (Lipinski definition) is 0. The van der Waals surface area contributed by atoms with Crippen LogP contribution in [-0.4, -0.2) is 6.10 Å². The van der Waals surface area contributed by atoms with Gasteiger partial charge in [0.15, 0.2) is 0 Å². The molecule has 17 heavy (non-hydrogen) atoms. The zero-order valence-electron chi connectivity index (χ0n) is 12.1. The van der Waals surface area contributed by atoms with Crippen LogP contribution in [0.5, 0.6) is 5.75 Å². The quantitative estimate of drug-likeness (QED) is 0.711. The maximum atomic E-state index is 5.95. The van der Waals surface area contributed by atoms with Crippen LogP contribution in [0.1, 0.15) is 59.4 Å². The van der Waals surface area contributed by atoms with Gasteiger partial charge in [-0.25, -0.2) is 0 Å². The number of rotatable bonds is 4. The summed E-state index contributed by atoms with van der Waals surface area (Å²) in [6.07, 6.45) is 1.40. The highest BCUT2D eigenvalue weighted by molar-refractivity contribution is 5.29. The summed E-state index contributed by atoms with van der Waals surface area (Å²) in [6.45, 7) is 13.2. The fourth-order valence-electron chi connectivity index (χ4n) is 1.49. The second-order valence-corrected chi connectivity index (χ2v) is 6.00. The maximum Gasteiger partial charge on any atom is 0.119 e. The monoisotopic (exact) mass is 234 g/mol. The molecular formula is C16H26O. The largest absolute Gasteiger partial charge is 0.490 e. The van der Waals surface area contributed by atoms with Crippen LogP contribution in [0.2, 0.25) is 0 Å². The summed E-state index contributed by atoms with van der Waals surface area (Å²) in [7, 11) is 0. The summed E-state index contributed by atoms with van der Waals surface area (Å²) < 4.78 is 5.95. The third kappa shape index (κ3) is 4.07. The van der Waals surface area contributed by atoms with Crippen LogP contribution in [0.15, 0.2) is 24.3 Å². The molecule has 0 radical (unpaired) electrons. The van der Waals surface area contributed by atoms with E-state index in [0.717, 1.165) is 5.75 Å². The van der Waals surface area contributed by atoms with Crippen LogP contribution in [0.3, 0.4) is 0 Å². The van der Waals surface area contributed by atoms with Gasteiger partial charge in [0.25, 0.3) is 0 Å². The summed E-state index contributed by atoms with van der Waals surface area (Å²) in [4.78, 5) is 0. The molecule has 0 aliphatic carbocycles. The SMILES string of the molecule is CCC(C)c1ccc(OC(C)C(C)(C)C)cc1. The molecule has 0 saturated heterocycles. The van der Waals surface area contributed by atoms with Crippen molar-refractivity contribution < 1.29 is 4.74 Å². The van der Waals surface area contributed by atoms with Crippen LogP contribution in [0.4, 0.5) is 0 Å². The second kappa shape index (κ2) is 5.57. The summed E-state index contributed by atoms with van der Waals surface area (Å²) in [5.41, 5.74) is 1.57. The molecule has 1 aromatic carbocycles. The Balaban J connectivity index is 2.69. The van der Waals surface area contributed by atoms with Gasteiger partial charge >= 0.3 is 0 Å². The summed E-state index contributed by atoms with van der Waals surface area (Å²) >= 11 is 0. The fourth-order valence-corrected chi connectivity index (χ4v) is 1.49. The molecule has 0 saturated carbocycles. The van der Waals surface area contributed by atoms with Crippen molar-refractivity contribution in [3.05, 3.63) is 29.8 Å². The summed E-state index contributed by atoms with van der Waals surface area (Å²) in [5.74, 6) is 1.60. The Bertz CT molecular complexity index is 332. The molecule has 2 atom stereocenters. The van der Waals surface area contributed by atoms with Gasteiger partial charge in [-0.1, -0.05) is 46.8 Å². The first-order valence-electron chi connectivity index (χ1n) is 6.61. The topological polar surface area (TPSA) is 9.23 Å². The Kier molecular flexibility index (Phi) is 4.62. The van der Waals surface area contributed by atoms with Gasteiger partial charge in [-0.2, -0.15) is 0 Å². The Hall–Kier alpha value is -0.980. The Labute approximate surface area is 106 Å². The zero-order valence-corrected chi connectivity index (χ0v) is 12.1. The van der Waals surface area contributed by atoms with Gasteiger partial charge in [0.05, 0.1) is 0 Å². The van der Waals surface area contributed by atoms with Gasteiger partial charge in [-0.3, -0.25) is 0 Å². The Morgan fingerprint density at radius 2 is 1.59 bits per heavy atom. The normalized spacial score (nSPS) is 15.4. The molecule has 96 valence electrons. The van der Waals surface area contributed by atoms with Crippen molar-refractivity contribution in [1.82, 2.24) is 0 Å². The van der Waals surface area contributed by atoms with Crippen molar-refractivity contribution in [2.24, 2.45) is 5.41 Å². The van der Waals surface area contributed by atoms with E-state index in [9.17, 15) is 0 Å². The van der Waals surface area contributed by atoms with Crippen LogP contribution in [0, 0.1) is 5.41 Å². The molecule has 0 fully saturated rings. The summed E-state index contributed by atoms with van der Waals surface area (Å²) in [6, 6.07) is 8.53. The Morgan fingerprint density at radius 3 is 2.00 bits per heavy atom. The number of benzene rings is 1. The van der Waals surface area contributed by atoms with Gasteiger partial charge in [0.1, 0.15) is 11.9 Å². The lowest BCUT2D eigenvalue weighted by Gasteiger charge is -2.28. The maximum absolute atomic E-state index is 5.95. The first-order chi connectivity index (χ1) is 7.84. The molecular weight excluding hydrogens is 208 g/mol. The molecule has 1 nitrogen and oxygen atoms in total. The standard InChI is InChI=1S/C16H26O/c1-7-12(2)14-8-10-15(11-9-14)17-13(3)16(4,5)6/h8-13H,7H2,1-6H3. The molecule has 0 bridgehead atoms. The van der Waals surface area contributed by atoms with Crippen molar-refractivity contribution in [2.75, 3.05) is 0 Å². The van der Waals surface area contributed by atoms with Crippen molar-refractivity contribution >= 4 is 0 Å². The van der Waals surface area contributed by atoms with Crippen LogP contribution >= 0.6 is 0 Å². The molecule has 1 heteroatoms. The molecule has 1 rings (SSSR count). The van der Waals surface area contributed by atoms with E-state index in [0.29, 0.717) is 5.92 Å². The van der Waals surface area contributed by atoms with E-state index in [1.807, 2.05) is 0 Å². The first-order valence-corrected chi connectivity index (χ1v) is 6.61. The van der Waals surface area contributed by atoms with Gasteiger partial charge in [0.2, 0.25) is 0 Å². The van der Waals surface area contributed by atoms with Gasteiger partial charge in [-0.15, -0.1) is 0 Å². The minimum Gasteiger partial charge on any atom is -0.490 e. The third-order valence-electron chi connectivity index (χ3n) is 3.59. The second-order valence-electron chi connectivity index (χ2n) is 6.00. The molecule has 0 aromatic heterocycles. The van der Waals surface area contributed by atoms with E-state index in [1.54, 1.807) is 0 Å². The summed E-state index contributed by atoms with van der Waals surface area (Å²) in [5, 5.41) is 0. The van der Waals surface area contributed by atoms with Crippen molar-refractivity contribution in [3.63, 3.8) is 0 Å². The van der Waals surface area contributed by atoms with E-state index in [4.69, 9.17) is 4.74 Å². The highest BCUT2D eigenvalue weighted by atomic mass is 16.5. The predicted molar refractivity (Wildman–Crippen MR) is 74.7 cm³/mol. The fraction of sp³-hybridized carbons (Fsp3) is 0.625. The third-order valence-corrected chi connectivity index (χ3v) is 3.59.